The van der Waals surface area contributed by atoms with Crippen LogP contribution < -0.4 is 10.2 Å². The SMILES string of the molecule is CC1Cc2ccccc2N1C(=O)COC(=O)c1ccc(CNC(=O)C2CCCC2)cc1. The third-order valence-corrected chi connectivity index (χ3v) is 6.19. The average Bonchev–Trinajstić information content (AvgIpc) is 3.43. The highest BCUT2D eigenvalue weighted by atomic mass is 16.5. The Morgan fingerprint density at radius 1 is 1.03 bits per heavy atom. The first-order valence-electron chi connectivity index (χ1n) is 11.0. The summed E-state index contributed by atoms with van der Waals surface area (Å²) in [5.74, 6) is -0.513. The Morgan fingerprint density at radius 3 is 2.48 bits per heavy atom. The number of esters is 1. The van der Waals surface area contributed by atoms with Crippen LogP contribution in [0.1, 0.15) is 54.1 Å². The van der Waals surface area contributed by atoms with Crippen LogP contribution >= 0.6 is 0 Å². The fraction of sp³-hybridized carbons (Fsp3) is 0.400. The van der Waals surface area contributed by atoms with Crippen molar-refractivity contribution in [2.75, 3.05) is 11.5 Å². The van der Waals surface area contributed by atoms with E-state index in [9.17, 15) is 14.4 Å². The van der Waals surface area contributed by atoms with Crippen LogP contribution in [0.5, 0.6) is 0 Å². The molecule has 2 aromatic rings. The van der Waals surface area contributed by atoms with Gasteiger partial charge in [0.1, 0.15) is 0 Å². The summed E-state index contributed by atoms with van der Waals surface area (Å²) in [6.45, 7) is 2.13. The summed E-state index contributed by atoms with van der Waals surface area (Å²) < 4.78 is 5.27. The summed E-state index contributed by atoms with van der Waals surface area (Å²) in [5, 5.41) is 2.97. The van der Waals surface area contributed by atoms with Crippen molar-refractivity contribution in [2.24, 2.45) is 5.92 Å². The molecule has 2 aliphatic rings. The molecule has 0 aromatic heterocycles. The zero-order valence-electron chi connectivity index (χ0n) is 17.8. The molecule has 4 rings (SSSR count). The van der Waals surface area contributed by atoms with Gasteiger partial charge in [-0.15, -0.1) is 0 Å². The van der Waals surface area contributed by atoms with E-state index in [0.717, 1.165) is 48.9 Å². The summed E-state index contributed by atoms with van der Waals surface area (Å²) in [6, 6.07) is 14.8. The van der Waals surface area contributed by atoms with Gasteiger partial charge in [-0.2, -0.15) is 0 Å². The van der Waals surface area contributed by atoms with Crippen LogP contribution in [-0.4, -0.2) is 30.4 Å². The lowest BCUT2D eigenvalue weighted by Gasteiger charge is -2.22. The summed E-state index contributed by atoms with van der Waals surface area (Å²) in [6.07, 6.45) is 4.99. The van der Waals surface area contributed by atoms with Crippen molar-refractivity contribution in [3.05, 3.63) is 65.2 Å². The van der Waals surface area contributed by atoms with E-state index in [0.29, 0.717) is 12.1 Å². The number of rotatable bonds is 6. The van der Waals surface area contributed by atoms with Crippen LogP contribution in [0.3, 0.4) is 0 Å². The van der Waals surface area contributed by atoms with Crippen LogP contribution in [0, 0.1) is 5.92 Å². The Hall–Kier alpha value is -3.15. The van der Waals surface area contributed by atoms with Crippen LogP contribution in [0.2, 0.25) is 0 Å². The summed E-state index contributed by atoms with van der Waals surface area (Å²) in [5.41, 5.74) is 3.32. The number of ether oxygens (including phenoxy) is 1. The Morgan fingerprint density at radius 2 is 1.74 bits per heavy atom. The van der Waals surface area contributed by atoms with Crippen molar-refractivity contribution < 1.29 is 19.1 Å². The Labute approximate surface area is 182 Å². The standard InChI is InChI=1S/C25H28N2O4/c1-17-14-21-8-4-5-9-22(21)27(17)23(28)16-31-25(30)20-12-10-18(11-13-20)15-26-24(29)19-6-2-3-7-19/h4-5,8-13,17,19H,2-3,6-7,14-16H2,1H3,(H,26,29). The molecule has 2 amide bonds. The van der Waals surface area contributed by atoms with Gasteiger partial charge in [-0.1, -0.05) is 43.2 Å². The minimum Gasteiger partial charge on any atom is -0.452 e. The van der Waals surface area contributed by atoms with Gasteiger partial charge >= 0.3 is 5.97 Å². The lowest BCUT2D eigenvalue weighted by molar-refractivity contribution is -0.125. The second-order valence-corrected chi connectivity index (χ2v) is 8.42. The molecule has 162 valence electrons. The first-order valence-corrected chi connectivity index (χ1v) is 11.0. The number of nitrogens with one attached hydrogen (secondary N) is 1. The molecule has 1 aliphatic carbocycles. The number of amides is 2. The molecule has 2 aromatic carbocycles. The monoisotopic (exact) mass is 420 g/mol. The lowest BCUT2D eigenvalue weighted by Crippen LogP contribution is -2.38. The normalized spacial score (nSPS) is 18.0. The van der Waals surface area contributed by atoms with E-state index in [1.165, 1.54) is 0 Å². The van der Waals surface area contributed by atoms with Gasteiger partial charge in [0, 0.05) is 24.2 Å². The maximum Gasteiger partial charge on any atom is 0.338 e. The fourth-order valence-electron chi connectivity index (χ4n) is 4.51. The van der Waals surface area contributed by atoms with Crippen LogP contribution in [0.15, 0.2) is 48.5 Å². The van der Waals surface area contributed by atoms with E-state index in [1.807, 2.05) is 31.2 Å². The molecule has 0 saturated heterocycles. The smallest absolute Gasteiger partial charge is 0.338 e. The highest BCUT2D eigenvalue weighted by Gasteiger charge is 2.31. The molecular formula is C25H28N2O4. The van der Waals surface area contributed by atoms with E-state index in [4.69, 9.17) is 4.74 Å². The number of nitrogens with zero attached hydrogens (tertiary/aromatic N) is 1. The van der Waals surface area contributed by atoms with E-state index in [-0.39, 0.29) is 30.4 Å². The fourth-order valence-corrected chi connectivity index (χ4v) is 4.51. The van der Waals surface area contributed by atoms with Crippen LogP contribution in [0.4, 0.5) is 5.69 Å². The molecule has 1 heterocycles. The molecule has 1 saturated carbocycles. The van der Waals surface area contributed by atoms with Crippen molar-refractivity contribution in [3.63, 3.8) is 0 Å². The van der Waals surface area contributed by atoms with Crippen molar-refractivity contribution >= 4 is 23.5 Å². The Bertz CT molecular complexity index is 964. The molecule has 31 heavy (non-hydrogen) atoms. The molecule has 1 fully saturated rings. The number of fused-ring (bicyclic) bond motifs is 1. The van der Waals surface area contributed by atoms with Crippen molar-refractivity contribution in [1.82, 2.24) is 5.32 Å². The van der Waals surface area contributed by atoms with Gasteiger partial charge in [-0.05, 0) is 55.5 Å². The Kier molecular flexibility index (Phi) is 6.35. The maximum absolute atomic E-state index is 12.7. The van der Waals surface area contributed by atoms with E-state index < -0.39 is 5.97 Å². The highest BCUT2D eigenvalue weighted by molar-refractivity contribution is 5.99. The van der Waals surface area contributed by atoms with Gasteiger partial charge in [0.15, 0.2) is 6.61 Å². The quantitative estimate of drug-likeness (QED) is 0.724. The number of carbonyl (C=O) groups excluding carboxylic acids is 3. The van der Waals surface area contributed by atoms with Gasteiger partial charge in [0.2, 0.25) is 5.91 Å². The molecule has 1 atom stereocenters. The first kappa shape index (κ1) is 21.1. The first-order chi connectivity index (χ1) is 15.0. The second-order valence-electron chi connectivity index (χ2n) is 8.42. The molecule has 1 aliphatic heterocycles. The van der Waals surface area contributed by atoms with Crippen molar-refractivity contribution in [3.8, 4) is 0 Å². The van der Waals surface area contributed by atoms with Gasteiger partial charge in [-0.3, -0.25) is 9.59 Å². The number of para-hydroxylation sites is 1. The van der Waals surface area contributed by atoms with Crippen molar-refractivity contribution in [1.29, 1.82) is 0 Å². The molecule has 0 radical (unpaired) electrons. The molecular weight excluding hydrogens is 392 g/mol. The average molecular weight is 421 g/mol. The van der Waals surface area contributed by atoms with Crippen LogP contribution in [0.25, 0.3) is 0 Å². The molecule has 6 heteroatoms. The predicted molar refractivity (Wildman–Crippen MR) is 118 cm³/mol. The molecule has 0 bridgehead atoms. The topological polar surface area (TPSA) is 75.7 Å². The highest BCUT2D eigenvalue weighted by Crippen LogP contribution is 2.31. The molecule has 6 nitrogen and oxygen atoms in total. The van der Waals surface area contributed by atoms with E-state index in [2.05, 4.69) is 5.32 Å². The van der Waals surface area contributed by atoms with E-state index in [1.54, 1.807) is 29.2 Å². The third-order valence-electron chi connectivity index (χ3n) is 6.19. The predicted octanol–water partition coefficient (Wildman–Crippen LogP) is 3.63. The largest absolute Gasteiger partial charge is 0.452 e. The molecule has 1 unspecified atom stereocenters. The van der Waals surface area contributed by atoms with Crippen LogP contribution in [-0.2, 0) is 27.3 Å². The lowest BCUT2D eigenvalue weighted by atomic mass is 10.1. The maximum atomic E-state index is 12.7. The number of benzene rings is 2. The zero-order valence-corrected chi connectivity index (χ0v) is 17.8. The number of hydrogen-bond acceptors (Lipinski definition) is 4. The zero-order chi connectivity index (χ0) is 21.8. The summed E-state index contributed by atoms with van der Waals surface area (Å²) >= 11 is 0. The van der Waals surface area contributed by atoms with Gasteiger partial charge in [0.25, 0.3) is 5.91 Å². The minimum atomic E-state index is -0.532. The number of hydrogen-bond donors (Lipinski definition) is 1. The Balaban J connectivity index is 1.28. The number of anilines is 1. The second kappa shape index (κ2) is 9.33. The van der Waals surface area contributed by atoms with Gasteiger partial charge < -0.3 is 15.0 Å². The third kappa shape index (κ3) is 4.79. The molecule has 0 spiro atoms. The minimum absolute atomic E-state index is 0.0438. The van der Waals surface area contributed by atoms with Gasteiger partial charge in [0.05, 0.1) is 5.56 Å². The summed E-state index contributed by atoms with van der Waals surface area (Å²) in [7, 11) is 0. The summed E-state index contributed by atoms with van der Waals surface area (Å²) in [4.78, 5) is 38.9. The van der Waals surface area contributed by atoms with Crippen molar-refractivity contribution in [2.45, 2.75) is 51.6 Å². The number of carbonyl (C=O) groups is 3. The molecule has 1 N–H and O–H groups in total. The van der Waals surface area contributed by atoms with E-state index >= 15 is 0 Å². The van der Waals surface area contributed by atoms with Gasteiger partial charge in [-0.25, -0.2) is 4.79 Å².